The van der Waals surface area contributed by atoms with Crippen molar-refractivity contribution in [1.82, 2.24) is 30.4 Å². The maximum atomic E-state index is 14.3. The molecule has 1 aromatic heterocycles. The second kappa shape index (κ2) is 19.1. The van der Waals surface area contributed by atoms with Crippen molar-refractivity contribution in [3.8, 4) is 28.1 Å². The molecule has 8 rings (SSSR count). The normalized spacial score (nSPS) is 19.8. The number of ether oxygens (including phenoxy) is 4. The number of alkyl carbamates (subject to hydrolysis) is 2. The predicted molar refractivity (Wildman–Crippen MR) is 247 cm³/mol. The van der Waals surface area contributed by atoms with E-state index in [1.165, 1.54) is 14.2 Å². The van der Waals surface area contributed by atoms with E-state index < -0.39 is 24.3 Å². The zero-order valence-corrected chi connectivity index (χ0v) is 37.7. The summed E-state index contributed by atoms with van der Waals surface area (Å²) < 4.78 is 21.7. The molecule has 4 heterocycles. The number of methoxy groups -OCH3 is 3. The summed E-state index contributed by atoms with van der Waals surface area (Å²) in [5.41, 5.74) is 13.4. The Labute approximate surface area is 378 Å². The summed E-state index contributed by atoms with van der Waals surface area (Å²) in [7, 11) is 4.22. The Morgan fingerprint density at radius 1 is 0.923 bits per heavy atom. The number of benzene rings is 4. The number of anilines is 2. The van der Waals surface area contributed by atoms with Crippen LogP contribution in [-0.4, -0.2) is 103 Å². The number of aromatic amines is 1. The molecular formula is C49H58N8O8. The van der Waals surface area contributed by atoms with E-state index in [4.69, 9.17) is 29.7 Å². The van der Waals surface area contributed by atoms with E-state index in [-0.39, 0.29) is 41.8 Å². The smallest absolute Gasteiger partial charge is 0.407 e. The highest BCUT2D eigenvalue weighted by atomic mass is 16.5. The molecule has 65 heavy (non-hydrogen) atoms. The van der Waals surface area contributed by atoms with Gasteiger partial charge in [0.05, 0.1) is 50.1 Å². The van der Waals surface area contributed by atoms with Crippen LogP contribution in [-0.2, 0) is 30.4 Å². The van der Waals surface area contributed by atoms with E-state index in [0.29, 0.717) is 49.8 Å². The summed E-state index contributed by atoms with van der Waals surface area (Å²) in [5, 5.41) is 10.9. The first-order chi connectivity index (χ1) is 31.4. The van der Waals surface area contributed by atoms with Crippen LogP contribution in [0.5, 0.6) is 5.75 Å². The minimum absolute atomic E-state index is 0.00908. The second-order valence-corrected chi connectivity index (χ2v) is 17.5. The molecule has 5 aromatic rings. The number of H-pyrrole nitrogens is 1. The van der Waals surface area contributed by atoms with Crippen LogP contribution >= 0.6 is 0 Å². The lowest BCUT2D eigenvalue weighted by molar-refractivity contribution is -0.137. The molecule has 0 saturated carbocycles. The number of imidazole rings is 1. The highest BCUT2D eigenvalue weighted by Crippen LogP contribution is 2.44. The molecule has 0 radical (unpaired) electrons. The summed E-state index contributed by atoms with van der Waals surface area (Å²) in [6.45, 7) is 7.59. The highest BCUT2D eigenvalue weighted by molar-refractivity contribution is 6.03. The number of carbonyl (C=O) groups is 4. The average Bonchev–Trinajstić information content (AvgIpc) is 4.07. The van der Waals surface area contributed by atoms with Crippen LogP contribution in [0, 0.1) is 11.8 Å². The summed E-state index contributed by atoms with van der Waals surface area (Å²) in [5.74, 6) is 0.927. The van der Waals surface area contributed by atoms with E-state index >= 15 is 0 Å². The van der Waals surface area contributed by atoms with Crippen molar-refractivity contribution < 1.29 is 38.1 Å². The fraction of sp³-hybridized carbons (Fsp3) is 0.408. The minimum Gasteiger partial charge on any atom is -0.488 e. The van der Waals surface area contributed by atoms with Gasteiger partial charge in [-0.15, -0.1) is 0 Å². The molecule has 2 fully saturated rings. The van der Waals surface area contributed by atoms with E-state index in [1.807, 2.05) is 74.2 Å². The van der Waals surface area contributed by atoms with Crippen LogP contribution in [0.1, 0.15) is 69.1 Å². The van der Waals surface area contributed by atoms with E-state index in [2.05, 4.69) is 45.2 Å². The highest BCUT2D eigenvalue weighted by Gasteiger charge is 2.42. The first kappa shape index (κ1) is 44.8. The number of hydrogen-bond donors (Lipinski definition) is 5. The number of likely N-dealkylation sites (tertiary alicyclic amines) is 2. The Hall–Kier alpha value is -6.81. The maximum absolute atomic E-state index is 14.3. The minimum atomic E-state index is -0.950. The largest absolute Gasteiger partial charge is 0.488 e. The summed E-state index contributed by atoms with van der Waals surface area (Å²) in [6, 6.07) is 21.3. The SMILES string of the molecule is COCC1CC(c2ncc(-c3ccc4c(c3)COc3cc5c(NCC6CCC(C)N6C(=O)C(NC(=O)OC)C(C)C)c(N)ccc5cc3-4)[nH]2)N(C(=O)C(NC(=O)OC)c2ccccc2)C1. The number of nitrogens with one attached hydrogen (secondary N) is 4. The molecule has 0 spiro atoms. The van der Waals surface area contributed by atoms with Gasteiger partial charge >= 0.3 is 12.2 Å². The topological polar surface area (TPSA) is 202 Å². The first-order valence-electron chi connectivity index (χ1n) is 22.2. The van der Waals surface area contributed by atoms with Gasteiger partial charge in [-0.1, -0.05) is 62.4 Å². The summed E-state index contributed by atoms with van der Waals surface area (Å²) in [4.78, 5) is 64.7. The second-order valence-electron chi connectivity index (χ2n) is 17.5. The molecule has 0 aliphatic carbocycles. The molecule has 3 aliphatic rings. The fourth-order valence-corrected chi connectivity index (χ4v) is 9.66. The van der Waals surface area contributed by atoms with Crippen LogP contribution in [0.25, 0.3) is 33.2 Å². The number of hydrogen-bond acceptors (Lipinski definition) is 11. The van der Waals surface area contributed by atoms with Gasteiger partial charge in [-0.25, -0.2) is 14.6 Å². The van der Waals surface area contributed by atoms with Crippen molar-refractivity contribution >= 4 is 46.1 Å². The van der Waals surface area contributed by atoms with Crippen LogP contribution in [0.2, 0.25) is 0 Å². The number of rotatable bonds is 13. The number of aromatic nitrogens is 2. The average molecular weight is 887 g/mol. The van der Waals surface area contributed by atoms with Crippen molar-refractivity contribution in [3.05, 3.63) is 95.9 Å². The number of nitrogen functional groups attached to an aromatic ring is 1. The predicted octanol–water partition coefficient (Wildman–Crippen LogP) is 7.18. The molecule has 3 aliphatic heterocycles. The van der Waals surface area contributed by atoms with Gasteiger partial charge in [0.1, 0.15) is 30.3 Å². The lowest BCUT2D eigenvalue weighted by Gasteiger charge is -2.34. The molecule has 6 unspecified atom stereocenters. The van der Waals surface area contributed by atoms with E-state index in [0.717, 1.165) is 63.0 Å². The number of nitrogens with two attached hydrogens (primary N) is 1. The molecule has 2 saturated heterocycles. The molecule has 6 atom stereocenters. The van der Waals surface area contributed by atoms with E-state index in [9.17, 15) is 19.2 Å². The third-order valence-corrected chi connectivity index (χ3v) is 13.0. The summed E-state index contributed by atoms with van der Waals surface area (Å²) in [6.07, 6.45) is 2.75. The van der Waals surface area contributed by atoms with Crippen LogP contribution in [0.15, 0.2) is 79.0 Å². The van der Waals surface area contributed by atoms with Gasteiger partial charge in [-0.2, -0.15) is 0 Å². The molecule has 16 heteroatoms. The number of fused-ring (bicyclic) bond motifs is 4. The van der Waals surface area contributed by atoms with Crippen LogP contribution in [0.4, 0.5) is 21.0 Å². The quantitative estimate of drug-likeness (QED) is 0.0750. The van der Waals surface area contributed by atoms with Gasteiger partial charge in [0.2, 0.25) is 5.91 Å². The Morgan fingerprint density at radius 2 is 1.69 bits per heavy atom. The van der Waals surface area contributed by atoms with Gasteiger partial charge in [0, 0.05) is 49.2 Å². The Kier molecular flexibility index (Phi) is 13.2. The monoisotopic (exact) mass is 886 g/mol. The van der Waals surface area contributed by atoms with Gasteiger partial charge in [0.15, 0.2) is 0 Å². The van der Waals surface area contributed by atoms with Crippen molar-refractivity contribution in [2.45, 2.75) is 76.8 Å². The fourth-order valence-electron chi connectivity index (χ4n) is 9.66. The summed E-state index contributed by atoms with van der Waals surface area (Å²) >= 11 is 0. The van der Waals surface area contributed by atoms with Gasteiger partial charge in [-0.3, -0.25) is 9.59 Å². The third kappa shape index (κ3) is 9.12. The van der Waals surface area contributed by atoms with Gasteiger partial charge < -0.3 is 55.4 Å². The van der Waals surface area contributed by atoms with Gasteiger partial charge in [-0.05, 0) is 84.0 Å². The lowest BCUT2D eigenvalue weighted by atomic mass is 9.92. The molecule has 4 aromatic carbocycles. The molecule has 0 bridgehead atoms. The maximum Gasteiger partial charge on any atom is 0.407 e. The number of nitrogens with zero attached hydrogens (tertiary/aromatic N) is 3. The molecule has 4 amide bonds. The molecule has 16 nitrogen and oxygen atoms in total. The number of carbonyl (C=O) groups excluding carboxylic acids is 4. The van der Waals surface area contributed by atoms with E-state index in [1.54, 1.807) is 18.2 Å². The van der Waals surface area contributed by atoms with Crippen molar-refractivity contribution in [3.63, 3.8) is 0 Å². The Morgan fingerprint density at radius 3 is 2.43 bits per heavy atom. The first-order valence-corrected chi connectivity index (χ1v) is 22.2. The Balaban J connectivity index is 1.02. The third-order valence-electron chi connectivity index (χ3n) is 13.0. The zero-order valence-electron chi connectivity index (χ0n) is 37.7. The Bertz CT molecular complexity index is 2560. The molecular weight excluding hydrogens is 829 g/mol. The van der Waals surface area contributed by atoms with Crippen molar-refractivity contribution in [1.29, 1.82) is 0 Å². The lowest BCUT2D eigenvalue weighted by Crippen LogP contribution is -2.55. The van der Waals surface area contributed by atoms with Crippen LogP contribution < -0.4 is 26.4 Å². The van der Waals surface area contributed by atoms with Crippen molar-refractivity contribution in [2.24, 2.45) is 11.8 Å². The standard InChI is InChI=1S/C49H58N8O8/c1-27(2)42(54-48(60)63-5)47(59)57-28(3)12-15-34(57)22-51-44-36-21-41-37(20-31(36)14-17-38(44)50)35-16-13-32(19-33(35)26-65-41)39-23-52-45(53-39)40-18-29(25-62-4)24-56(40)46(58)43(55-49(61)64-6)30-10-8-7-9-11-30/h7-11,13-14,16-17,19-21,23,27-29,34,40,42-43,51H,12,15,18,22,24-26,50H2,1-6H3,(H,52,53)(H,54,60)(H,55,61). The molecule has 342 valence electrons. The number of amides is 4. The van der Waals surface area contributed by atoms with Crippen LogP contribution in [0.3, 0.4) is 0 Å². The van der Waals surface area contributed by atoms with Crippen molar-refractivity contribution in [2.75, 3.05) is 52.1 Å². The van der Waals surface area contributed by atoms with Gasteiger partial charge in [0.25, 0.3) is 5.91 Å². The zero-order chi connectivity index (χ0) is 45.9. The molecule has 6 N–H and O–H groups in total.